The van der Waals surface area contributed by atoms with E-state index >= 15 is 0 Å². The maximum atomic E-state index is 10.1. The molecular weight excluding hydrogens is 248 g/mol. The molecule has 0 bridgehead atoms. The Labute approximate surface area is 118 Å². The molecular formula is C18H18O2. The average Bonchev–Trinajstić information content (AvgIpc) is 2.43. The van der Waals surface area contributed by atoms with Crippen LogP contribution in [0.15, 0.2) is 48.5 Å². The van der Waals surface area contributed by atoms with Crippen LogP contribution in [0.4, 0.5) is 0 Å². The van der Waals surface area contributed by atoms with Gasteiger partial charge in [-0.25, -0.2) is 0 Å². The summed E-state index contributed by atoms with van der Waals surface area (Å²) in [5.41, 5.74) is 1.62. The van der Waals surface area contributed by atoms with Crippen LogP contribution in [0.1, 0.15) is 37.2 Å². The molecule has 3 rings (SSSR count). The Morgan fingerprint density at radius 2 is 1.40 bits per heavy atom. The van der Waals surface area contributed by atoms with Crippen LogP contribution in [0.3, 0.4) is 0 Å². The van der Waals surface area contributed by atoms with E-state index in [2.05, 4.69) is 24.3 Å². The van der Waals surface area contributed by atoms with Gasteiger partial charge in [0.25, 0.3) is 0 Å². The quantitative estimate of drug-likeness (QED) is 0.686. The standard InChI is InChI=1S/C18H18O2/c1-11(19)16-8-7-15-9-13-5-3-4-6-14(13)10-17(15)18(16)12(2)20/h3-12,19-20H,1-2H3. The third-order valence-electron chi connectivity index (χ3n) is 3.83. The molecule has 0 heterocycles. The van der Waals surface area contributed by atoms with Crippen molar-refractivity contribution in [3.8, 4) is 0 Å². The third kappa shape index (κ3) is 2.07. The Bertz CT molecular complexity index is 773. The Morgan fingerprint density at radius 1 is 0.750 bits per heavy atom. The number of aliphatic hydroxyl groups is 2. The first-order chi connectivity index (χ1) is 9.58. The first-order valence-electron chi connectivity index (χ1n) is 6.89. The molecule has 2 atom stereocenters. The minimum absolute atomic E-state index is 0.588. The van der Waals surface area contributed by atoms with Crippen LogP contribution in [-0.2, 0) is 0 Å². The highest BCUT2D eigenvalue weighted by atomic mass is 16.3. The predicted molar refractivity (Wildman–Crippen MR) is 82.7 cm³/mol. The average molecular weight is 266 g/mol. The molecule has 0 aromatic heterocycles. The Morgan fingerprint density at radius 3 is 2.00 bits per heavy atom. The molecule has 0 amide bonds. The minimum atomic E-state index is -0.607. The van der Waals surface area contributed by atoms with E-state index < -0.39 is 12.2 Å². The highest BCUT2D eigenvalue weighted by Gasteiger charge is 2.16. The summed E-state index contributed by atoms with van der Waals surface area (Å²) in [7, 11) is 0. The van der Waals surface area contributed by atoms with Crippen molar-refractivity contribution in [2.45, 2.75) is 26.1 Å². The van der Waals surface area contributed by atoms with Crippen molar-refractivity contribution in [3.63, 3.8) is 0 Å². The highest BCUT2D eigenvalue weighted by molar-refractivity contribution is 6.00. The van der Waals surface area contributed by atoms with E-state index in [1.807, 2.05) is 24.3 Å². The van der Waals surface area contributed by atoms with Crippen molar-refractivity contribution >= 4 is 21.5 Å². The maximum Gasteiger partial charge on any atom is 0.0771 e. The molecule has 0 aliphatic rings. The topological polar surface area (TPSA) is 40.5 Å². The largest absolute Gasteiger partial charge is 0.389 e. The van der Waals surface area contributed by atoms with Gasteiger partial charge in [-0.1, -0.05) is 36.4 Å². The first kappa shape index (κ1) is 13.1. The van der Waals surface area contributed by atoms with Crippen molar-refractivity contribution in [1.82, 2.24) is 0 Å². The van der Waals surface area contributed by atoms with Crippen LogP contribution < -0.4 is 0 Å². The summed E-state index contributed by atoms with van der Waals surface area (Å²) < 4.78 is 0. The summed E-state index contributed by atoms with van der Waals surface area (Å²) in [5, 5.41) is 24.5. The van der Waals surface area contributed by atoms with E-state index in [0.29, 0.717) is 0 Å². The fourth-order valence-electron chi connectivity index (χ4n) is 2.88. The van der Waals surface area contributed by atoms with Crippen molar-refractivity contribution in [1.29, 1.82) is 0 Å². The number of hydrogen-bond donors (Lipinski definition) is 2. The van der Waals surface area contributed by atoms with Crippen molar-refractivity contribution < 1.29 is 10.2 Å². The van der Waals surface area contributed by atoms with Crippen molar-refractivity contribution in [2.75, 3.05) is 0 Å². The predicted octanol–water partition coefficient (Wildman–Crippen LogP) is 4.10. The van der Waals surface area contributed by atoms with Gasteiger partial charge in [0.2, 0.25) is 0 Å². The van der Waals surface area contributed by atoms with Crippen LogP contribution in [0, 0.1) is 0 Å². The van der Waals surface area contributed by atoms with Crippen LogP contribution >= 0.6 is 0 Å². The number of aliphatic hydroxyl groups excluding tert-OH is 2. The lowest BCUT2D eigenvalue weighted by molar-refractivity contribution is 0.176. The van der Waals surface area contributed by atoms with Gasteiger partial charge in [0.05, 0.1) is 12.2 Å². The second-order valence-electron chi connectivity index (χ2n) is 5.34. The van der Waals surface area contributed by atoms with Gasteiger partial charge in [-0.3, -0.25) is 0 Å². The Hall–Kier alpha value is -1.90. The lowest BCUT2D eigenvalue weighted by Crippen LogP contribution is -2.03. The number of fused-ring (bicyclic) bond motifs is 2. The number of benzene rings is 3. The molecule has 0 aliphatic heterocycles. The minimum Gasteiger partial charge on any atom is -0.389 e. The van der Waals surface area contributed by atoms with Gasteiger partial charge in [0.1, 0.15) is 0 Å². The Balaban J connectivity index is 2.42. The SMILES string of the molecule is CC(O)c1ccc2cc3ccccc3cc2c1C(C)O. The molecule has 3 aromatic rings. The summed E-state index contributed by atoms with van der Waals surface area (Å²) in [4.78, 5) is 0. The molecule has 2 unspecified atom stereocenters. The summed E-state index contributed by atoms with van der Waals surface area (Å²) in [6.45, 7) is 3.48. The summed E-state index contributed by atoms with van der Waals surface area (Å²) in [5.74, 6) is 0. The van der Waals surface area contributed by atoms with Gasteiger partial charge >= 0.3 is 0 Å². The van der Waals surface area contributed by atoms with Crippen LogP contribution in [0.5, 0.6) is 0 Å². The number of rotatable bonds is 2. The van der Waals surface area contributed by atoms with Crippen molar-refractivity contribution in [2.24, 2.45) is 0 Å². The fraction of sp³-hybridized carbons (Fsp3) is 0.222. The van der Waals surface area contributed by atoms with Gasteiger partial charge < -0.3 is 10.2 Å². The molecule has 3 aromatic carbocycles. The summed E-state index contributed by atoms with van der Waals surface area (Å²) in [6.07, 6.45) is -1.19. The lowest BCUT2D eigenvalue weighted by atomic mass is 9.91. The molecule has 0 fully saturated rings. The zero-order valence-corrected chi connectivity index (χ0v) is 11.7. The van der Waals surface area contributed by atoms with E-state index in [4.69, 9.17) is 0 Å². The molecule has 2 N–H and O–H groups in total. The Kier molecular flexibility index (Phi) is 3.20. The van der Waals surface area contributed by atoms with Gasteiger partial charge in [0, 0.05) is 0 Å². The smallest absolute Gasteiger partial charge is 0.0771 e. The molecule has 102 valence electrons. The van der Waals surface area contributed by atoms with E-state index in [9.17, 15) is 10.2 Å². The number of hydrogen-bond acceptors (Lipinski definition) is 2. The molecule has 2 heteroatoms. The van der Waals surface area contributed by atoms with E-state index in [1.165, 1.54) is 5.39 Å². The lowest BCUT2D eigenvalue weighted by Gasteiger charge is -2.18. The molecule has 20 heavy (non-hydrogen) atoms. The molecule has 0 radical (unpaired) electrons. The summed E-state index contributed by atoms with van der Waals surface area (Å²) in [6, 6.07) is 16.3. The second-order valence-corrected chi connectivity index (χ2v) is 5.34. The van der Waals surface area contributed by atoms with Gasteiger partial charge in [-0.15, -0.1) is 0 Å². The van der Waals surface area contributed by atoms with Crippen molar-refractivity contribution in [3.05, 3.63) is 59.7 Å². The monoisotopic (exact) mass is 266 g/mol. The summed E-state index contributed by atoms with van der Waals surface area (Å²) >= 11 is 0. The van der Waals surface area contributed by atoms with Crippen LogP contribution in [0.25, 0.3) is 21.5 Å². The molecule has 0 saturated carbocycles. The molecule has 0 spiro atoms. The second kappa shape index (κ2) is 4.89. The van der Waals surface area contributed by atoms with Gasteiger partial charge in [0.15, 0.2) is 0 Å². The normalized spacial score (nSPS) is 14.6. The third-order valence-corrected chi connectivity index (χ3v) is 3.83. The van der Waals surface area contributed by atoms with Gasteiger partial charge in [-0.05, 0) is 58.7 Å². The maximum absolute atomic E-state index is 10.1. The van der Waals surface area contributed by atoms with Crippen LogP contribution in [-0.4, -0.2) is 10.2 Å². The van der Waals surface area contributed by atoms with Gasteiger partial charge in [-0.2, -0.15) is 0 Å². The highest BCUT2D eigenvalue weighted by Crippen LogP contribution is 2.33. The molecule has 2 nitrogen and oxygen atoms in total. The van der Waals surface area contributed by atoms with Crippen LogP contribution in [0.2, 0.25) is 0 Å². The fourth-order valence-corrected chi connectivity index (χ4v) is 2.88. The first-order valence-corrected chi connectivity index (χ1v) is 6.89. The van der Waals surface area contributed by atoms with E-state index in [-0.39, 0.29) is 0 Å². The van der Waals surface area contributed by atoms with E-state index in [0.717, 1.165) is 27.3 Å². The zero-order valence-electron chi connectivity index (χ0n) is 11.7. The molecule has 0 saturated heterocycles. The zero-order chi connectivity index (χ0) is 14.3. The molecule has 0 aliphatic carbocycles. The van der Waals surface area contributed by atoms with E-state index in [1.54, 1.807) is 13.8 Å².